The maximum atomic E-state index is 12.7. The van der Waals surface area contributed by atoms with E-state index in [4.69, 9.17) is 0 Å². The zero-order valence-corrected chi connectivity index (χ0v) is 18.7. The molecule has 0 radical (unpaired) electrons. The van der Waals surface area contributed by atoms with Crippen LogP contribution in [0.3, 0.4) is 0 Å². The number of amides is 1. The van der Waals surface area contributed by atoms with E-state index in [2.05, 4.69) is 30.4 Å². The van der Waals surface area contributed by atoms with Crippen LogP contribution in [0.4, 0.5) is 11.8 Å². The molecule has 1 amide bonds. The lowest BCUT2D eigenvalue weighted by Gasteiger charge is -2.32. The van der Waals surface area contributed by atoms with E-state index < -0.39 is 0 Å². The van der Waals surface area contributed by atoms with Crippen molar-refractivity contribution in [2.24, 2.45) is 13.0 Å². The molecule has 3 aromatic rings. The van der Waals surface area contributed by atoms with Crippen molar-refractivity contribution in [2.75, 3.05) is 18.4 Å². The van der Waals surface area contributed by atoms with Crippen LogP contribution in [0.15, 0.2) is 36.9 Å². The van der Waals surface area contributed by atoms with Gasteiger partial charge in [0.15, 0.2) is 0 Å². The molecule has 1 saturated heterocycles. The summed E-state index contributed by atoms with van der Waals surface area (Å²) in [6.07, 6.45) is 11.5. The monoisotopic (exact) mass is 432 g/mol. The van der Waals surface area contributed by atoms with Gasteiger partial charge in [-0.25, -0.2) is 19.9 Å². The van der Waals surface area contributed by atoms with Gasteiger partial charge in [0.2, 0.25) is 11.9 Å². The standard InChI is InChI=1S/C23H28N8O/c1-16-9-17(2)28-23(27-16)29-21-11-20(24-15-25-21)10-18-5-4-8-31(14-18)22(32)7-6-19-12-26-30(3)13-19/h6-7,9,11-13,15,18H,4-5,8,10,14H2,1-3H3,(H,24,25,27,28,29). The summed E-state index contributed by atoms with van der Waals surface area (Å²) in [7, 11) is 1.86. The molecule has 9 heteroatoms. The molecule has 0 aromatic carbocycles. The van der Waals surface area contributed by atoms with Crippen LogP contribution in [0.25, 0.3) is 6.08 Å². The summed E-state index contributed by atoms with van der Waals surface area (Å²) in [6.45, 7) is 5.39. The van der Waals surface area contributed by atoms with Gasteiger partial charge in [-0.1, -0.05) is 0 Å². The lowest BCUT2D eigenvalue weighted by molar-refractivity contribution is -0.127. The SMILES string of the molecule is Cc1cc(C)nc(Nc2cc(CC3CCCN(C(=O)C=Cc4cnn(C)c4)C3)ncn2)n1. The summed E-state index contributed by atoms with van der Waals surface area (Å²) < 4.78 is 1.72. The van der Waals surface area contributed by atoms with E-state index in [1.165, 1.54) is 0 Å². The molecule has 1 N–H and O–H groups in total. The highest BCUT2D eigenvalue weighted by atomic mass is 16.2. The van der Waals surface area contributed by atoms with Gasteiger partial charge in [-0.2, -0.15) is 5.10 Å². The molecule has 1 fully saturated rings. The van der Waals surface area contributed by atoms with Crippen molar-refractivity contribution in [1.29, 1.82) is 0 Å². The minimum absolute atomic E-state index is 0.0376. The highest BCUT2D eigenvalue weighted by Crippen LogP contribution is 2.22. The number of hydrogen-bond acceptors (Lipinski definition) is 7. The number of carbonyl (C=O) groups is 1. The normalized spacial score (nSPS) is 16.5. The Morgan fingerprint density at radius 2 is 2.03 bits per heavy atom. The first-order valence-corrected chi connectivity index (χ1v) is 10.8. The van der Waals surface area contributed by atoms with Crippen LogP contribution in [0.1, 0.15) is 35.5 Å². The molecular weight excluding hydrogens is 404 g/mol. The van der Waals surface area contributed by atoms with E-state index in [0.717, 1.165) is 55.0 Å². The highest BCUT2D eigenvalue weighted by molar-refractivity contribution is 5.91. The van der Waals surface area contributed by atoms with Crippen molar-refractivity contribution in [3.05, 3.63) is 59.6 Å². The van der Waals surface area contributed by atoms with Crippen LogP contribution in [0, 0.1) is 19.8 Å². The Bertz CT molecular complexity index is 1100. The fourth-order valence-corrected chi connectivity index (χ4v) is 4.00. The second-order valence-corrected chi connectivity index (χ2v) is 8.27. The summed E-state index contributed by atoms with van der Waals surface area (Å²) in [4.78, 5) is 32.1. The number of likely N-dealkylation sites (tertiary alicyclic amines) is 1. The van der Waals surface area contributed by atoms with Crippen molar-refractivity contribution in [3.8, 4) is 0 Å². The molecule has 0 saturated carbocycles. The van der Waals surface area contributed by atoms with Gasteiger partial charge in [-0.05, 0) is 51.2 Å². The van der Waals surface area contributed by atoms with Crippen LogP contribution in [0.5, 0.6) is 0 Å². The highest BCUT2D eigenvalue weighted by Gasteiger charge is 2.23. The molecule has 0 aliphatic carbocycles. The quantitative estimate of drug-likeness (QED) is 0.598. The number of hydrogen-bond donors (Lipinski definition) is 1. The molecule has 4 heterocycles. The summed E-state index contributed by atoms with van der Waals surface area (Å²) in [5.74, 6) is 1.60. The first kappa shape index (κ1) is 21.6. The lowest BCUT2D eigenvalue weighted by Crippen LogP contribution is -2.39. The molecular formula is C23H28N8O. The molecule has 1 atom stereocenters. The summed E-state index contributed by atoms with van der Waals surface area (Å²) in [6, 6.07) is 3.86. The zero-order valence-electron chi connectivity index (χ0n) is 18.7. The molecule has 1 aliphatic rings. The number of anilines is 2. The van der Waals surface area contributed by atoms with E-state index in [1.54, 1.807) is 23.3 Å². The van der Waals surface area contributed by atoms with Gasteiger partial charge >= 0.3 is 0 Å². The topological polar surface area (TPSA) is 102 Å². The van der Waals surface area contributed by atoms with Gasteiger partial charge in [0.25, 0.3) is 0 Å². The van der Waals surface area contributed by atoms with Gasteiger partial charge in [-0.3, -0.25) is 9.48 Å². The fourth-order valence-electron chi connectivity index (χ4n) is 4.00. The number of carbonyl (C=O) groups excluding carboxylic acids is 1. The molecule has 3 aromatic heterocycles. The molecule has 1 unspecified atom stereocenters. The molecule has 0 bridgehead atoms. The number of rotatable bonds is 6. The van der Waals surface area contributed by atoms with Crippen molar-refractivity contribution in [3.63, 3.8) is 0 Å². The van der Waals surface area contributed by atoms with Gasteiger partial charge < -0.3 is 10.2 Å². The number of nitrogens with one attached hydrogen (secondary N) is 1. The second-order valence-electron chi connectivity index (χ2n) is 8.27. The van der Waals surface area contributed by atoms with Crippen LogP contribution in [-0.4, -0.2) is 53.6 Å². The number of aromatic nitrogens is 6. The van der Waals surface area contributed by atoms with E-state index in [0.29, 0.717) is 17.7 Å². The Hall–Kier alpha value is -3.62. The van der Waals surface area contributed by atoms with Crippen LogP contribution < -0.4 is 5.32 Å². The zero-order chi connectivity index (χ0) is 22.5. The molecule has 9 nitrogen and oxygen atoms in total. The lowest BCUT2D eigenvalue weighted by atomic mass is 9.93. The smallest absolute Gasteiger partial charge is 0.246 e. The van der Waals surface area contributed by atoms with Crippen molar-refractivity contribution < 1.29 is 4.79 Å². The summed E-state index contributed by atoms with van der Waals surface area (Å²) in [5, 5.41) is 7.29. The third-order valence-corrected chi connectivity index (χ3v) is 5.42. The molecule has 1 aliphatic heterocycles. The first-order chi connectivity index (χ1) is 15.4. The second kappa shape index (κ2) is 9.67. The number of piperidine rings is 1. The molecule has 0 spiro atoms. The predicted octanol–water partition coefficient (Wildman–Crippen LogP) is 2.86. The van der Waals surface area contributed by atoms with E-state index in [9.17, 15) is 4.79 Å². The third-order valence-electron chi connectivity index (χ3n) is 5.42. The summed E-state index contributed by atoms with van der Waals surface area (Å²) >= 11 is 0. The molecule has 166 valence electrons. The van der Waals surface area contributed by atoms with Gasteiger partial charge in [0, 0.05) is 61.1 Å². The maximum Gasteiger partial charge on any atom is 0.246 e. The van der Waals surface area contributed by atoms with E-state index in [-0.39, 0.29) is 5.91 Å². The Balaban J connectivity index is 1.37. The number of nitrogens with zero attached hydrogens (tertiary/aromatic N) is 7. The fraction of sp³-hybridized carbons (Fsp3) is 0.391. The first-order valence-electron chi connectivity index (χ1n) is 10.8. The molecule has 4 rings (SSSR count). The largest absolute Gasteiger partial charge is 0.339 e. The van der Waals surface area contributed by atoms with Crippen molar-refractivity contribution in [2.45, 2.75) is 33.1 Å². The van der Waals surface area contributed by atoms with E-state index in [1.807, 2.05) is 50.2 Å². The summed E-state index contributed by atoms with van der Waals surface area (Å²) in [5.41, 5.74) is 3.66. The van der Waals surface area contributed by atoms with E-state index >= 15 is 0 Å². The van der Waals surface area contributed by atoms with Gasteiger partial charge in [0.1, 0.15) is 12.1 Å². The minimum atomic E-state index is 0.0376. The minimum Gasteiger partial charge on any atom is -0.339 e. The Morgan fingerprint density at radius 1 is 1.22 bits per heavy atom. The van der Waals surface area contributed by atoms with Crippen LogP contribution >= 0.6 is 0 Å². The predicted molar refractivity (Wildman–Crippen MR) is 122 cm³/mol. The maximum absolute atomic E-state index is 12.7. The Kier molecular flexibility index (Phi) is 6.53. The number of aryl methyl sites for hydroxylation is 3. The van der Waals surface area contributed by atoms with Gasteiger partial charge in [-0.15, -0.1) is 0 Å². The average molecular weight is 433 g/mol. The average Bonchev–Trinajstić information content (AvgIpc) is 3.17. The Labute approximate surface area is 187 Å². The van der Waals surface area contributed by atoms with Gasteiger partial charge in [0.05, 0.1) is 6.20 Å². The van der Waals surface area contributed by atoms with Crippen molar-refractivity contribution >= 4 is 23.7 Å². The van der Waals surface area contributed by atoms with Crippen LogP contribution in [-0.2, 0) is 18.3 Å². The van der Waals surface area contributed by atoms with Crippen molar-refractivity contribution in [1.82, 2.24) is 34.6 Å². The Morgan fingerprint density at radius 3 is 2.78 bits per heavy atom. The van der Waals surface area contributed by atoms with Crippen LogP contribution in [0.2, 0.25) is 0 Å². The molecule has 32 heavy (non-hydrogen) atoms. The third kappa shape index (κ3) is 5.75.